The molecule has 5 heteroatoms. The van der Waals surface area contributed by atoms with E-state index >= 15 is 0 Å². The number of likely N-dealkylation sites (N-methyl/N-ethyl adjacent to an activating group) is 1. The van der Waals surface area contributed by atoms with Crippen LogP contribution in [0, 0.1) is 6.92 Å². The topological polar surface area (TPSA) is 11.4 Å². The average Bonchev–Trinajstić information content (AvgIpc) is 3.75. The number of hydrogen-bond donors (Lipinski definition) is 0. The van der Waals surface area contributed by atoms with E-state index in [1.54, 1.807) is 0 Å². The van der Waals surface area contributed by atoms with Gasteiger partial charge in [0.25, 0.3) is 0 Å². The first-order valence-electron chi connectivity index (χ1n) is 24.3. The summed E-state index contributed by atoms with van der Waals surface area (Å²) in [6.45, 7) is 8.52. The van der Waals surface area contributed by atoms with E-state index in [9.17, 15) is 0 Å². The van der Waals surface area contributed by atoms with Crippen molar-refractivity contribution in [2.45, 2.75) is 48.9 Å². The van der Waals surface area contributed by atoms with E-state index in [0.717, 1.165) is 30.6 Å². The Morgan fingerprint density at radius 2 is 1.51 bits per heavy atom. The molecule has 7 aromatic carbocycles. The molecule has 1 aliphatic heterocycles. The molecule has 2 bridgehead atoms. The summed E-state index contributed by atoms with van der Waals surface area (Å²) in [6, 6.07) is 58.4. The number of para-hydroxylation sites is 1. The molecule has 70 heavy (non-hydrogen) atoms. The van der Waals surface area contributed by atoms with Crippen molar-refractivity contribution in [2.75, 3.05) is 11.9 Å². The van der Waals surface area contributed by atoms with Crippen molar-refractivity contribution in [3.8, 4) is 5.69 Å². The lowest BCUT2D eigenvalue weighted by atomic mass is 9.88. The van der Waals surface area contributed by atoms with Gasteiger partial charge in [0.15, 0.2) is 0 Å². The molecule has 0 saturated carbocycles. The Hall–Kier alpha value is -7.57. The monoisotopic (exact) mass is 939 g/mol. The molecule has 3 nitrogen and oxygen atoms in total. The van der Waals surface area contributed by atoms with Gasteiger partial charge in [-0.3, -0.25) is 0 Å². The number of nitrogens with zero attached hydrogens (tertiary/aromatic N) is 3. The van der Waals surface area contributed by atoms with Crippen molar-refractivity contribution in [1.82, 2.24) is 9.47 Å². The van der Waals surface area contributed by atoms with Crippen LogP contribution in [-0.4, -0.2) is 22.6 Å². The molecule has 2 aliphatic carbocycles. The summed E-state index contributed by atoms with van der Waals surface area (Å²) >= 11 is 3.70. The van der Waals surface area contributed by atoms with Crippen LogP contribution in [0.5, 0.6) is 0 Å². The van der Waals surface area contributed by atoms with E-state index in [2.05, 4.69) is 242 Å². The molecular formula is C65H53N3S2. The van der Waals surface area contributed by atoms with E-state index in [-0.39, 0.29) is 6.04 Å². The van der Waals surface area contributed by atoms with Crippen LogP contribution < -0.4 is 4.90 Å². The van der Waals surface area contributed by atoms with Crippen LogP contribution in [0.2, 0.25) is 0 Å². The van der Waals surface area contributed by atoms with Crippen molar-refractivity contribution < 1.29 is 0 Å². The normalized spacial score (nSPS) is 16.2. The van der Waals surface area contributed by atoms with Gasteiger partial charge in [0.05, 0.1) is 16.7 Å². The zero-order chi connectivity index (χ0) is 47.3. The Balaban J connectivity index is 1.04. The second-order valence-corrected chi connectivity index (χ2v) is 20.7. The molecule has 1 atom stereocenters. The Morgan fingerprint density at radius 3 is 2.34 bits per heavy atom. The summed E-state index contributed by atoms with van der Waals surface area (Å²) in [5.41, 5.74) is 17.2. The number of aromatic nitrogens is 1. The zero-order valence-electron chi connectivity index (χ0n) is 39.8. The van der Waals surface area contributed by atoms with Crippen LogP contribution in [0.1, 0.15) is 48.4 Å². The summed E-state index contributed by atoms with van der Waals surface area (Å²) in [5.74, 6) is 0. The highest BCUT2D eigenvalue weighted by atomic mass is 32.2. The standard InChI is InChI=1S/C65H53N3S2/c1-5-6-9-20-44(3)67-59-42-48(52-34-36-58-64(65(52)67)54-28-16-18-29-56(54)68(58)50-33-38-60(43(2)39-50)69-51-25-12-8-13-26-51)31-35-57(63(59)45-21-10-7-11-22-45)66(4)49-24-15-14-23-46(40-49)47-32-37-62-55(41-47)53-27-17-19-30-61(53)70-62/h5-14,16-23,25-41,49H,1,15,24,42H2,2-4H3/b9-6-,44-20+. The SMILES string of the molecule is C=C/C=C\C=C(/C)N1C2=C(c3ccccc3)C(N(C)C3C=C(c4ccc5sc6ccccc6c5c4)C=CCC3)=CC=C(C2)c2ccc3c(c21)c1ccccc1n3-c1ccc(Sc2ccccc2)c(C)c1. The van der Waals surface area contributed by atoms with Gasteiger partial charge in [-0.05, 0) is 127 Å². The maximum absolute atomic E-state index is 4.01. The van der Waals surface area contributed by atoms with Gasteiger partial charge in [-0.1, -0.05) is 158 Å². The average molecular weight is 940 g/mol. The lowest BCUT2D eigenvalue weighted by Crippen LogP contribution is -2.32. The highest BCUT2D eigenvalue weighted by Crippen LogP contribution is 2.53. The maximum atomic E-state index is 4.01. The molecule has 12 rings (SSSR count). The Morgan fingerprint density at radius 1 is 0.743 bits per heavy atom. The summed E-state index contributed by atoms with van der Waals surface area (Å²) in [6.07, 6.45) is 23.1. The highest BCUT2D eigenvalue weighted by Gasteiger charge is 2.35. The van der Waals surface area contributed by atoms with Crippen LogP contribution in [0.15, 0.2) is 246 Å². The van der Waals surface area contributed by atoms with Crippen molar-refractivity contribution in [2.24, 2.45) is 0 Å². The van der Waals surface area contributed by atoms with Gasteiger partial charge in [-0.2, -0.15) is 0 Å². The molecule has 0 amide bonds. The van der Waals surface area contributed by atoms with E-state index in [1.807, 2.05) is 35.3 Å². The molecule has 340 valence electrons. The summed E-state index contributed by atoms with van der Waals surface area (Å²) in [7, 11) is 2.31. The number of aryl methyl sites for hydroxylation is 1. The fraction of sp³-hybridized carbons (Fsp3) is 0.108. The molecule has 2 aromatic heterocycles. The van der Waals surface area contributed by atoms with Crippen molar-refractivity contribution in [1.29, 1.82) is 0 Å². The quantitative estimate of drug-likeness (QED) is 0.127. The van der Waals surface area contributed by atoms with Crippen LogP contribution in [0.3, 0.4) is 0 Å². The molecule has 0 fully saturated rings. The number of thiophene rings is 1. The molecular weight excluding hydrogens is 887 g/mol. The second kappa shape index (κ2) is 18.4. The van der Waals surface area contributed by atoms with Gasteiger partial charge in [-0.25, -0.2) is 0 Å². The van der Waals surface area contributed by atoms with Gasteiger partial charge in [0.1, 0.15) is 0 Å². The molecule has 0 spiro atoms. The lowest BCUT2D eigenvalue weighted by molar-refractivity contribution is 0.351. The third-order valence-corrected chi connectivity index (χ3v) is 16.6. The van der Waals surface area contributed by atoms with Gasteiger partial charge in [-0.15, -0.1) is 11.3 Å². The first-order chi connectivity index (χ1) is 34.4. The van der Waals surface area contributed by atoms with E-state index in [1.165, 1.54) is 108 Å². The first kappa shape index (κ1) is 43.7. The van der Waals surface area contributed by atoms with Crippen LogP contribution >= 0.6 is 23.1 Å². The molecule has 3 aliphatic rings. The Kier molecular flexibility index (Phi) is 11.5. The van der Waals surface area contributed by atoms with Crippen LogP contribution in [0.4, 0.5) is 5.69 Å². The number of anilines is 1. The van der Waals surface area contributed by atoms with E-state index in [4.69, 9.17) is 0 Å². The van der Waals surface area contributed by atoms with Gasteiger partial charge < -0.3 is 14.4 Å². The third kappa shape index (κ3) is 7.71. The van der Waals surface area contributed by atoms with Crippen molar-refractivity contribution in [3.05, 3.63) is 258 Å². The number of benzene rings is 7. The predicted octanol–water partition coefficient (Wildman–Crippen LogP) is 17.9. The van der Waals surface area contributed by atoms with Gasteiger partial charge in [0, 0.05) is 94.2 Å². The third-order valence-electron chi connectivity index (χ3n) is 14.3. The second-order valence-electron chi connectivity index (χ2n) is 18.5. The smallest absolute Gasteiger partial charge is 0.0631 e. The molecule has 1 unspecified atom stereocenters. The molecule has 3 heterocycles. The zero-order valence-corrected chi connectivity index (χ0v) is 41.4. The fourth-order valence-corrected chi connectivity index (χ4v) is 12.9. The number of rotatable bonds is 10. The molecule has 0 saturated heterocycles. The van der Waals surface area contributed by atoms with Crippen LogP contribution in [0.25, 0.3) is 64.4 Å². The number of fused-ring (bicyclic) bond motifs is 11. The Bertz CT molecular complexity index is 3780. The fourth-order valence-electron chi connectivity index (χ4n) is 10.9. The molecule has 9 aromatic rings. The largest absolute Gasteiger partial charge is 0.368 e. The van der Waals surface area contributed by atoms with Gasteiger partial charge >= 0.3 is 0 Å². The van der Waals surface area contributed by atoms with Gasteiger partial charge in [0.2, 0.25) is 0 Å². The predicted molar refractivity (Wildman–Crippen MR) is 303 cm³/mol. The number of allylic oxidation sites excluding steroid dienone is 12. The maximum Gasteiger partial charge on any atom is 0.0631 e. The van der Waals surface area contributed by atoms with E-state index in [0.29, 0.717) is 0 Å². The first-order valence-corrected chi connectivity index (χ1v) is 26.0. The van der Waals surface area contributed by atoms with Crippen molar-refractivity contribution >= 4 is 87.5 Å². The summed E-state index contributed by atoms with van der Waals surface area (Å²) in [5, 5.41) is 5.14. The minimum atomic E-state index is 0.149. The van der Waals surface area contributed by atoms with Crippen LogP contribution in [-0.2, 0) is 0 Å². The minimum Gasteiger partial charge on any atom is -0.368 e. The van der Waals surface area contributed by atoms with Crippen molar-refractivity contribution in [3.63, 3.8) is 0 Å². The molecule has 0 N–H and O–H groups in total. The Labute approximate surface area is 419 Å². The summed E-state index contributed by atoms with van der Waals surface area (Å²) in [4.78, 5) is 7.65. The molecule has 0 radical (unpaired) electrons. The van der Waals surface area contributed by atoms with E-state index < -0.39 is 0 Å². The number of hydrogen-bond acceptors (Lipinski definition) is 4. The highest BCUT2D eigenvalue weighted by molar-refractivity contribution is 7.99. The lowest BCUT2D eigenvalue weighted by Gasteiger charge is -2.39. The summed E-state index contributed by atoms with van der Waals surface area (Å²) < 4.78 is 5.14. The minimum absolute atomic E-state index is 0.149.